The fourth-order valence-corrected chi connectivity index (χ4v) is 2.16. The molecule has 3 nitrogen and oxygen atoms in total. The first-order valence-corrected chi connectivity index (χ1v) is 4.68. The molecule has 0 amide bonds. The molecule has 0 fully saturated rings. The van der Waals surface area contributed by atoms with Crippen LogP contribution in [0.5, 0.6) is 0 Å². The molecule has 5 heteroatoms. The van der Waals surface area contributed by atoms with Crippen molar-refractivity contribution in [2.75, 3.05) is 0 Å². The number of nitrogens with zero attached hydrogens (tertiary/aromatic N) is 1. The van der Waals surface area contributed by atoms with Crippen molar-refractivity contribution in [3.63, 3.8) is 0 Å². The molecule has 0 aliphatic heterocycles. The van der Waals surface area contributed by atoms with Gasteiger partial charge in [-0.2, -0.15) is 4.37 Å². The Kier molecular flexibility index (Phi) is 2.17. The lowest BCUT2D eigenvalue weighted by molar-refractivity contribution is 0.0699. The fraction of sp³-hybridized carbons (Fsp3) is 0.111. The summed E-state index contributed by atoms with van der Waals surface area (Å²) in [6.07, 6.45) is 0. The number of aromatic nitrogens is 1. The molecule has 0 atom stereocenters. The zero-order valence-corrected chi connectivity index (χ0v) is 7.84. The van der Waals surface area contributed by atoms with Crippen molar-refractivity contribution in [3.8, 4) is 0 Å². The number of hydrogen-bond acceptors (Lipinski definition) is 3. The van der Waals surface area contributed by atoms with Gasteiger partial charge >= 0.3 is 5.97 Å². The van der Waals surface area contributed by atoms with E-state index >= 15 is 0 Å². The minimum Gasteiger partial charge on any atom is -0.478 e. The van der Waals surface area contributed by atoms with Gasteiger partial charge in [-0.1, -0.05) is 12.1 Å². The smallest absolute Gasteiger partial charge is 0.337 e. The first-order valence-electron chi connectivity index (χ1n) is 3.90. The monoisotopic (exact) mass is 211 g/mol. The summed E-state index contributed by atoms with van der Waals surface area (Å²) in [5, 5.41) is 9.44. The van der Waals surface area contributed by atoms with Crippen LogP contribution in [-0.2, 0) is 6.67 Å². The van der Waals surface area contributed by atoms with Crippen LogP contribution in [-0.4, -0.2) is 15.4 Å². The Morgan fingerprint density at radius 2 is 2.36 bits per heavy atom. The molecule has 2 aromatic rings. The molecule has 0 aliphatic rings. The Morgan fingerprint density at radius 1 is 1.57 bits per heavy atom. The minimum atomic E-state index is -1.01. The third-order valence-corrected chi connectivity index (χ3v) is 2.86. The molecule has 14 heavy (non-hydrogen) atoms. The van der Waals surface area contributed by atoms with Crippen molar-refractivity contribution in [3.05, 3.63) is 29.5 Å². The molecule has 1 aromatic heterocycles. The van der Waals surface area contributed by atoms with Gasteiger partial charge in [0.1, 0.15) is 6.67 Å². The second kappa shape index (κ2) is 3.34. The topological polar surface area (TPSA) is 50.2 Å². The van der Waals surface area contributed by atoms with E-state index in [1.54, 1.807) is 12.1 Å². The van der Waals surface area contributed by atoms with Gasteiger partial charge in [-0.05, 0) is 17.6 Å². The summed E-state index contributed by atoms with van der Waals surface area (Å²) in [7, 11) is 0. The number of alkyl halides is 1. The average molecular weight is 211 g/mol. The number of rotatable bonds is 2. The highest BCUT2D eigenvalue weighted by atomic mass is 32.1. The van der Waals surface area contributed by atoms with Gasteiger partial charge in [0.15, 0.2) is 0 Å². The van der Waals surface area contributed by atoms with Gasteiger partial charge in [0.25, 0.3) is 0 Å². The molecule has 0 bridgehead atoms. The maximum Gasteiger partial charge on any atom is 0.337 e. The zero-order chi connectivity index (χ0) is 10.1. The van der Waals surface area contributed by atoms with Crippen LogP contribution in [0.1, 0.15) is 16.1 Å². The quantitative estimate of drug-likeness (QED) is 0.830. The molecule has 0 unspecified atom stereocenters. The van der Waals surface area contributed by atoms with E-state index in [-0.39, 0.29) is 5.56 Å². The van der Waals surface area contributed by atoms with Crippen LogP contribution in [0.25, 0.3) is 10.1 Å². The molecular weight excluding hydrogens is 205 g/mol. The van der Waals surface area contributed by atoms with Gasteiger partial charge < -0.3 is 5.11 Å². The molecule has 1 heterocycles. The summed E-state index contributed by atoms with van der Waals surface area (Å²) >= 11 is 1.02. The maximum absolute atomic E-state index is 12.4. The molecule has 72 valence electrons. The predicted octanol–water partition coefficient (Wildman–Crippen LogP) is 2.46. The highest BCUT2D eigenvalue weighted by molar-refractivity contribution is 7.13. The van der Waals surface area contributed by atoms with Crippen LogP contribution >= 0.6 is 11.5 Å². The first kappa shape index (κ1) is 9.08. The third-order valence-electron chi connectivity index (χ3n) is 1.93. The Hall–Kier alpha value is -1.49. The lowest BCUT2D eigenvalue weighted by atomic mass is 10.1. The van der Waals surface area contributed by atoms with E-state index in [1.807, 2.05) is 0 Å². The molecule has 0 spiro atoms. The lowest BCUT2D eigenvalue weighted by Crippen LogP contribution is -1.95. The molecule has 1 aromatic carbocycles. The number of fused-ring (bicyclic) bond motifs is 1. The Labute approximate surface area is 83.0 Å². The van der Waals surface area contributed by atoms with E-state index in [2.05, 4.69) is 4.37 Å². The number of carbonyl (C=O) groups is 1. The van der Waals surface area contributed by atoms with Crippen molar-refractivity contribution >= 4 is 27.6 Å². The van der Waals surface area contributed by atoms with E-state index in [0.717, 1.165) is 11.5 Å². The van der Waals surface area contributed by atoms with Gasteiger partial charge in [0, 0.05) is 5.39 Å². The fourth-order valence-electron chi connectivity index (χ4n) is 1.28. The summed E-state index contributed by atoms with van der Waals surface area (Å²) in [4.78, 5) is 10.8. The van der Waals surface area contributed by atoms with Gasteiger partial charge in [0.05, 0.1) is 16.0 Å². The number of hydrogen-bond donors (Lipinski definition) is 1. The molecule has 0 saturated heterocycles. The Bertz CT molecular complexity index is 495. The summed E-state index contributed by atoms with van der Waals surface area (Å²) in [6.45, 7) is -0.664. The van der Waals surface area contributed by atoms with E-state index in [0.29, 0.717) is 15.8 Å². The first-order chi connectivity index (χ1) is 6.74. The predicted molar refractivity (Wildman–Crippen MR) is 51.4 cm³/mol. The van der Waals surface area contributed by atoms with E-state index in [1.165, 1.54) is 6.07 Å². The van der Waals surface area contributed by atoms with Crippen molar-refractivity contribution in [2.24, 2.45) is 0 Å². The second-order valence-electron chi connectivity index (χ2n) is 2.75. The Morgan fingerprint density at radius 3 is 3.00 bits per heavy atom. The third kappa shape index (κ3) is 1.26. The molecule has 2 rings (SSSR count). The van der Waals surface area contributed by atoms with Gasteiger partial charge in [-0.25, -0.2) is 9.18 Å². The van der Waals surface area contributed by atoms with Gasteiger partial charge in [-0.3, -0.25) is 0 Å². The molecule has 0 aliphatic carbocycles. The van der Waals surface area contributed by atoms with Crippen LogP contribution in [0.4, 0.5) is 4.39 Å². The van der Waals surface area contributed by atoms with Crippen LogP contribution in [0.2, 0.25) is 0 Å². The number of carboxylic acids is 1. The van der Waals surface area contributed by atoms with Crippen molar-refractivity contribution < 1.29 is 14.3 Å². The van der Waals surface area contributed by atoms with Crippen LogP contribution in [0.15, 0.2) is 18.2 Å². The van der Waals surface area contributed by atoms with E-state index in [9.17, 15) is 9.18 Å². The standard InChI is InChI=1S/C9H6FNO2S/c10-4-7-5-2-1-3-6(9(12)13)8(5)14-11-7/h1-3H,4H2,(H,12,13). The van der Waals surface area contributed by atoms with E-state index < -0.39 is 12.6 Å². The summed E-state index contributed by atoms with van der Waals surface area (Å²) < 4.78 is 16.8. The van der Waals surface area contributed by atoms with Gasteiger partial charge in [-0.15, -0.1) is 0 Å². The molecule has 1 N–H and O–H groups in total. The second-order valence-corrected chi connectivity index (χ2v) is 3.52. The largest absolute Gasteiger partial charge is 0.478 e. The zero-order valence-electron chi connectivity index (χ0n) is 7.03. The van der Waals surface area contributed by atoms with Gasteiger partial charge in [0.2, 0.25) is 0 Å². The van der Waals surface area contributed by atoms with Crippen molar-refractivity contribution in [2.45, 2.75) is 6.67 Å². The normalized spacial score (nSPS) is 10.6. The maximum atomic E-state index is 12.4. The SMILES string of the molecule is O=C(O)c1cccc2c(CF)nsc12. The average Bonchev–Trinajstić information content (AvgIpc) is 2.59. The minimum absolute atomic E-state index is 0.180. The summed E-state index contributed by atoms with van der Waals surface area (Å²) in [5.74, 6) is -1.01. The van der Waals surface area contributed by atoms with Crippen LogP contribution in [0, 0.1) is 0 Å². The summed E-state index contributed by atoms with van der Waals surface area (Å²) in [6, 6.07) is 4.77. The van der Waals surface area contributed by atoms with Crippen molar-refractivity contribution in [1.82, 2.24) is 4.37 Å². The highest BCUT2D eigenvalue weighted by Gasteiger charge is 2.13. The van der Waals surface area contributed by atoms with Crippen LogP contribution in [0.3, 0.4) is 0 Å². The Balaban J connectivity index is 2.76. The molecular formula is C9H6FNO2S. The number of carboxylic acid groups (broad SMARTS) is 1. The number of aromatic carboxylic acids is 1. The van der Waals surface area contributed by atoms with E-state index in [4.69, 9.17) is 5.11 Å². The van der Waals surface area contributed by atoms with Crippen LogP contribution < -0.4 is 0 Å². The van der Waals surface area contributed by atoms with Crippen molar-refractivity contribution in [1.29, 1.82) is 0 Å². The lowest BCUT2D eigenvalue weighted by Gasteiger charge is -1.95. The number of halogens is 1. The molecule has 0 saturated carbocycles. The molecule has 0 radical (unpaired) electrons. The summed E-state index contributed by atoms with van der Waals surface area (Å²) in [5.41, 5.74) is 0.493. The highest BCUT2D eigenvalue weighted by Crippen LogP contribution is 2.26. The number of benzene rings is 1.